The second-order valence-electron chi connectivity index (χ2n) is 4.11. The molecule has 0 spiro atoms. The van der Waals surface area contributed by atoms with Gasteiger partial charge in [0.2, 0.25) is 0 Å². The second kappa shape index (κ2) is 6.89. The van der Waals surface area contributed by atoms with Crippen LogP contribution in [-0.2, 0) is 9.59 Å². The van der Waals surface area contributed by atoms with Gasteiger partial charge in [0.15, 0.2) is 0 Å². The Kier molecular flexibility index (Phi) is 5.50. The Bertz CT molecular complexity index is 457. The number of carbonyl (C=O) groups is 3. The van der Waals surface area contributed by atoms with Crippen molar-refractivity contribution >= 4 is 29.2 Å². The minimum Gasteiger partial charge on any atom is -0.481 e. The molecule has 6 nitrogen and oxygen atoms in total. The maximum absolute atomic E-state index is 12.1. The number of hydrogen-bond acceptors (Lipinski definition) is 4. The normalized spacial score (nSPS) is 11.8. The molecular weight excluding hydrogens is 270 g/mol. The van der Waals surface area contributed by atoms with E-state index < -0.39 is 17.9 Å². The van der Waals surface area contributed by atoms with Crippen LogP contribution in [0.3, 0.4) is 0 Å². The Labute approximate surface area is 114 Å². The van der Waals surface area contributed by atoms with Gasteiger partial charge in [-0.2, -0.15) is 0 Å². The molecule has 1 aromatic heterocycles. The molecule has 0 radical (unpaired) electrons. The molecular formula is C12H15NO5S. The highest BCUT2D eigenvalue weighted by atomic mass is 32.1. The third kappa shape index (κ3) is 4.70. The van der Waals surface area contributed by atoms with Crippen LogP contribution >= 0.6 is 11.3 Å². The average molecular weight is 285 g/mol. The number of thiophene rings is 1. The zero-order chi connectivity index (χ0) is 14.4. The van der Waals surface area contributed by atoms with E-state index in [1.807, 2.05) is 0 Å². The van der Waals surface area contributed by atoms with Crippen LogP contribution in [0.4, 0.5) is 0 Å². The first-order valence-electron chi connectivity index (χ1n) is 5.69. The lowest BCUT2D eigenvalue weighted by Crippen LogP contribution is -2.38. The molecule has 19 heavy (non-hydrogen) atoms. The Balaban J connectivity index is 2.76. The molecule has 0 saturated heterocycles. The summed E-state index contributed by atoms with van der Waals surface area (Å²) in [5.74, 6) is -3.10. The fourth-order valence-electron chi connectivity index (χ4n) is 1.47. The molecule has 0 fully saturated rings. The second-order valence-corrected chi connectivity index (χ2v) is 5.06. The summed E-state index contributed by atoms with van der Waals surface area (Å²) in [7, 11) is 0. The molecule has 1 amide bonds. The Hall–Kier alpha value is -1.89. The molecule has 0 aromatic carbocycles. The molecule has 0 aliphatic carbocycles. The first-order valence-corrected chi connectivity index (χ1v) is 6.57. The number of aliphatic carboxylic acids is 2. The smallest absolute Gasteiger partial charge is 0.308 e. The number of carboxylic acid groups (broad SMARTS) is 2. The van der Waals surface area contributed by atoms with E-state index in [2.05, 4.69) is 0 Å². The van der Waals surface area contributed by atoms with Crippen molar-refractivity contribution in [3.8, 4) is 0 Å². The van der Waals surface area contributed by atoms with Gasteiger partial charge in [0.05, 0.1) is 17.2 Å². The standard InChI is InChI=1S/C12H15NO5S/c1-8(12(17)18)7-13(5-4-10(14)15)11(16)9-3-2-6-19-9/h2-3,6,8H,4-5,7H2,1H3,(H,14,15)(H,17,18). The van der Waals surface area contributed by atoms with E-state index in [0.29, 0.717) is 4.88 Å². The predicted octanol–water partition coefficient (Wildman–Crippen LogP) is 1.39. The van der Waals surface area contributed by atoms with Gasteiger partial charge in [0, 0.05) is 13.1 Å². The molecule has 2 N–H and O–H groups in total. The highest BCUT2D eigenvalue weighted by molar-refractivity contribution is 7.12. The molecule has 1 unspecified atom stereocenters. The van der Waals surface area contributed by atoms with Gasteiger partial charge in [0.25, 0.3) is 5.91 Å². The van der Waals surface area contributed by atoms with Gasteiger partial charge in [-0.3, -0.25) is 14.4 Å². The van der Waals surface area contributed by atoms with Gasteiger partial charge in [0.1, 0.15) is 0 Å². The molecule has 7 heteroatoms. The van der Waals surface area contributed by atoms with Crippen LogP contribution in [0.25, 0.3) is 0 Å². The fraction of sp³-hybridized carbons (Fsp3) is 0.417. The maximum atomic E-state index is 12.1. The lowest BCUT2D eigenvalue weighted by atomic mass is 10.1. The Morgan fingerprint density at radius 2 is 2.05 bits per heavy atom. The van der Waals surface area contributed by atoms with Crippen molar-refractivity contribution in [2.45, 2.75) is 13.3 Å². The van der Waals surface area contributed by atoms with Crippen molar-refractivity contribution in [1.29, 1.82) is 0 Å². The summed E-state index contributed by atoms with van der Waals surface area (Å²) in [4.78, 5) is 35.3. The lowest BCUT2D eigenvalue weighted by Gasteiger charge is -2.23. The quantitative estimate of drug-likeness (QED) is 0.789. The van der Waals surface area contributed by atoms with Crippen molar-refractivity contribution in [3.63, 3.8) is 0 Å². The number of hydrogen-bond donors (Lipinski definition) is 2. The summed E-state index contributed by atoms with van der Waals surface area (Å²) in [5, 5.41) is 19.3. The van der Waals surface area contributed by atoms with Crippen molar-refractivity contribution < 1.29 is 24.6 Å². The highest BCUT2D eigenvalue weighted by Crippen LogP contribution is 2.14. The van der Waals surface area contributed by atoms with E-state index in [1.165, 1.54) is 23.2 Å². The number of carboxylic acids is 2. The van der Waals surface area contributed by atoms with E-state index in [4.69, 9.17) is 10.2 Å². The summed E-state index contributed by atoms with van der Waals surface area (Å²) in [6.07, 6.45) is -0.205. The largest absolute Gasteiger partial charge is 0.481 e. The Morgan fingerprint density at radius 3 is 2.53 bits per heavy atom. The van der Waals surface area contributed by atoms with E-state index in [9.17, 15) is 14.4 Å². The number of rotatable bonds is 7. The van der Waals surface area contributed by atoms with Gasteiger partial charge in [-0.25, -0.2) is 0 Å². The molecule has 1 heterocycles. The van der Waals surface area contributed by atoms with Gasteiger partial charge >= 0.3 is 11.9 Å². The van der Waals surface area contributed by atoms with Gasteiger partial charge in [-0.1, -0.05) is 13.0 Å². The Morgan fingerprint density at radius 1 is 1.37 bits per heavy atom. The molecule has 0 aliphatic heterocycles. The van der Waals surface area contributed by atoms with Gasteiger partial charge in [-0.15, -0.1) is 11.3 Å². The minimum absolute atomic E-state index is 0.000648. The van der Waals surface area contributed by atoms with E-state index in [1.54, 1.807) is 17.5 Å². The van der Waals surface area contributed by atoms with Crippen LogP contribution in [0.1, 0.15) is 23.0 Å². The van der Waals surface area contributed by atoms with Crippen molar-refractivity contribution in [2.24, 2.45) is 5.92 Å². The zero-order valence-corrected chi connectivity index (χ0v) is 11.2. The fourth-order valence-corrected chi connectivity index (χ4v) is 2.16. The van der Waals surface area contributed by atoms with E-state index >= 15 is 0 Å². The average Bonchev–Trinajstić information content (AvgIpc) is 2.86. The van der Waals surface area contributed by atoms with E-state index in [-0.39, 0.29) is 25.4 Å². The minimum atomic E-state index is -1.02. The van der Waals surface area contributed by atoms with Crippen LogP contribution in [0, 0.1) is 5.92 Å². The molecule has 1 aromatic rings. The molecule has 104 valence electrons. The first kappa shape index (κ1) is 15.2. The van der Waals surface area contributed by atoms with Gasteiger partial charge < -0.3 is 15.1 Å². The van der Waals surface area contributed by atoms with Crippen LogP contribution in [0.2, 0.25) is 0 Å². The van der Waals surface area contributed by atoms with Crippen molar-refractivity contribution in [1.82, 2.24) is 4.90 Å². The van der Waals surface area contributed by atoms with Crippen LogP contribution in [-0.4, -0.2) is 46.0 Å². The third-order valence-corrected chi connectivity index (χ3v) is 3.39. The predicted molar refractivity (Wildman–Crippen MR) is 69.3 cm³/mol. The van der Waals surface area contributed by atoms with Gasteiger partial charge in [-0.05, 0) is 11.4 Å². The number of carbonyl (C=O) groups excluding carboxylic acids is 1. The maximum Gasteiger partial charge on any atom is 0.308 e. The monoisotopic (exact) mass is 285 g/mol. The SMILES string of the molecule is CC(CN(CCC(=O)O)C(=O)c1cccs1)C(=O)O. The van der Waals surface area contributed by atoms with Crippen LogP contribution in [0.15, 0.2) is 17.5 Å². The van der Waals surface area contributed by atoms with Crippen LogP contribution in [0.5, 0.6) is 0 Å². The number of amides is 1. The first-order chi connectivity index (χ1) is 8.91. The van der Waals surface area contributed by atoms with Crippen molar-refractivity contribution in [2.75, 3.05) is 13.1 Å². The van der Waals surface area contributed by atoms with Crippen molar-refractivity contribution in [3.05, 3.63) is 22.4 Å². The highest BCUT2D eigenvalue weighted by Gasteiger charge is 2.22. The summed E-state index contributed by atoms with van der Waals surface area (Å²) in [6.45, 7) is 1.49. The summed E-state index contributed by atoms with van der Waals surface area (Å²) < 4.78 is 0. The molecule has 1 rings (SSSR count). The van der Waals surface area contributed by atoms with Crippen LogP contribution < -0.4 is 0 Å². The third-order valence-electron chi connectivity index (χ3n) is 2.53. The molecule has 0 saturated carbocycles. The molecule has 1 atom stereocenters. The topological polar surface area (TPSA) is 94.9 Å². The molecule has 0 bridgehead atoms. The van der Waals surface area contributed by atoms with E-state index in [0.717, 1.165) is 0 Å². The zero-order valence-electron chi connectivity index (χ0n) is 10.4. The summed E-state index contributed by atoms with van der Waals surface area (Å²) in [6, 6.07) is 3.35. The molecule has 0 aliphatic rings. The number of nitrogens with zero attached hydrogens (tertiary/aromatic N) is 1. The lowest BCUT2D eigenvalue weighted by molar-refractivity contribution is -0.141. The summed E-state index contributed by atoms with van der Waals surface area (Å²) in [5.41, 5.74) is 0. The summed E-state index contributed by atoms with van der Waals surface area (Å²) >= 11 is 1.24.